The first-order valence-electron chi connectivity index (χ1n) is 6.69. The van der Waals surface area contributed by atoms with Crippen molar-refractivity contribution >= 4 is 34.0 Å². The molecule has 23 heavy (non-hydrogen) atoms. The Morgan fingerprint density at radius 1 is 1.26 bits per heavy atom. The molecular weight excluding hydrogens is 337 g/mol. The number of nitrogens with one attached hydrogen (secondary N) is 1. The third-order valence-corrected chi connectivity index (χ3v) is 4.11. The van der Waals surface area contributed by atoms with E-state index in [1.54, 1.807) is 23.6 Å². The Hall–Kier alpha value is -2.31. The SMILES string of the molecule is Cc1cccc(C(=O)Nc2nc(-c3ccc(F)c(Cl)c3)cs2)n1. The molecule has 0 spiro atoms. The fourth-order valence-corrected chi connectivity index (χ4v) is 2.85. The molecule has 0 fully saturated rings. The van der Waals surface area contributed by atoms with Crippen LogP contribution in [0.15, 0.2) is 41.8 Å². The molecule has 0 saturated carbocycles. The third-order valence-electron chi connectivity index (χ3n) is 3.06. The summed E-state index contributed by atoms with van der Waals surface area (Å²) in [4.78, 5) is 20.6. The minimum Gasteiger partial charge on any atom is -0.296 e. The van der Waals surface area contributed by atoms with E-state index in [1.165, 1.54) is 23.5 Å². The molecule has 116 valence electrons. The molecule has 3 aromatic rings. The molecule has 1 aromatic carbocycles. The quantitative estimate of drug-likeness (QED) is 0.755. The summed E-state index contributed by atoms with van der Waals surface area (Å²) in [7, 11) is 0. The van der Waals surface area contributed by atoms with Crippen LogP contribution in [-0.2, 0) is 0 Å². The van der Waals surface area contributed by atoms with Crippen molar-refractivity contribution in [1.82, 2.24) is 9.97 Å². The maximum atomic E-state index is 13.2. The lowest BCUT2D eigenvalue weighted by Crippen LogP contribution is -2.13. The average Bonchev–Trinajstić information content (AvgIpc) is 2.98. The number of benzene rings is 1. The number of rotatable bonds is 3. The number of anilines is 1. The van der Waals surface area contributed by atoms with E-state index >= 15 is 0 Å². The van der Waals surface area contributed by atoms with Gasteiger partial charge in [-0.25, -0.2) is 14.4 Å². The van der Waals surface area contributed by atoms with Crippen LogP contribution in [0, 0.1) is 12.7 Å². The highest BCUT2D eigenvalue weighted by Crippen LogP contribution is 2.28. The van der Waals surface area contributed by atoms with Crippen LogP contribution >= 0.6 is 22.9 Å². The number of pyridine rings is 1. The lowest BCUT2D eigenvalue weighted by molar-refractivity contribution is 0.102. The third kappa shape index (κ3) is 3.55. The van der Waals surface area contributed by atoms with Crippen LogP contribution in [0.5, 0.6) is 0 Å². The predicted octanol–water partition coefficient (Wildman–Crippen LogP) is 4.56. The van der Waals surface area contributed by atoms with E-state index < -0.39 is 5.82 Å². The average molecular weight is 348 g/mol. The zero-order valence-corrected chi connectivity index (χ0v) is 13.6. The van der Waals surface area contributed by atoms with Crippen LogP contribution < -0.4 is 5.32 Å². The van der Waals surface area contributed by atoms with Gasteiger partial charge in [0, 0.05) is 16.6 Å². The van der Waals surface area contributed by atoms with E-state index in [9.17, 15) is 9.18 Å². The van der Waals surface area contributed by atoms with Crippen LogP contribution in [0.1, 0.15) is 16.2 Å². The van der Waals surface area contributed by atoms with Crippen molar-refractivity contribution in [3.8, 4) is 11.3 Å². The van der Waals surface area contributed by atoms with Crippen molar-refractivity contribution in [2.24, 2.45) is 0 Å². The van der Waals surface area contributed by atoms with E-state index in [1.807, 2.05) is 13.0 Å². The highest BCUT2D eigenvalue weighted by molar-refractivity contribution is 7.14. The monoisotopic (exact) mass is 347 g/mol. The fraction of sp³-hybridized carbons (Fsp3) is 0.0625. The van der Waals surface area contributed by atoms with Crippen molar-refractivity contribution in [3.63, 3.8) is 0 Å². The van der Waals surface area contributed by atoms with Gasteiger partial charge >= 0.3 is 0 Å². The zero-order valence-electron chi connectivity index (χ0n) is 12.0. The maximum absolute atomic E-state index is 13.2. The van der Waals surface area contributed by atoms with Crippen LogP contribution in [0.4, 0.5) is 9.52 Å². The number of hydrogen-bond donors (Lipinski definition) is 1. The summed E-state index contributed by atoms with van der Waals surface area (Å²) in [5.74, 6) is -0.809. The standard InChI is InChI=1S/C16H11ClFN3OS/c1-9-3-2-4-13(19-9)15(22)21-16-20-14(8-23-16)10-5-6-12(18)11(17)7-10/h2-8H,1H3,(H,20,21,22). The Labute approximate surface area is 141 Å². The largest absolute Gasteiger partial charge is 0.296 e. The summed E-state index contributed by atoms with van der Waals surface area (Å²) in [6, 6.07) is 9.59. The minimum atomic E-state index is -0.482. The second-order valence-electron chi connectivity index (χ2n) is 4.79. The van der Waals surface area contributed by atoms with Gasteiger partial charge in [-0.2, -0.15) is 0 Å². The van der Waals surface area contributed by atoms with Crippen molar-refractivity contribution < 1.29 is 9.18 Å². The summed E-state index contributed by atoms with van der Waals surface area (Å²) < 4.78 is 13.2. The molecule has 0 saturated heterocycles. The molecule has 0 unspecified atom stereocenters. The molecule has 0 aliphatic rings. The minimum absolute atomic E-state index is 0.0325. The molecule has 0 aliphatic carbocycles. The van der Waals surface area contributed by atoms with E-state index in [-0.39, 0.29) is 10.9 Å². The van der Waals surface area contributed by atoms with E-state index in [4.69, 9.17) is 11.6 Å². The number of carbonyl (C=O) groups is 1. The number of carbonyl (C=O) groups excluding carboxylic acids is 1. The van der Waals surface area contributed by atoms with Crippen molar-refractivity contribution in [1.29, 1.82) is 0 Å². The number of aromatic nitrogens is 2. The summed E-state index contributed by atoms with van der Waals surface area (Å²) in [6.07, 6.45) is 0. The molecule has 0 atom stereocenters. The van der Waals surface area contributed by atoms with Gasteiger partial charge in [0.1, 0.15) is 11.5 Å². The van der Waals surface area contributed by atoms with Gasteiger partial charge in [-0.15, -0.1) is 11.3 Å². The number of amides is 1. The molecule has 0 aliphatic heterocycles. The van der Waals surface area contributed by atoms with Gasteiger partial charge < -0.3 is 0 Å². The second-order valence-corrected chi connectivity index (χ2v) is 6.05. The zero-order chi connectivity index (χ0) is 16.4. The Kier molecular flexibility index (Phi) is 4.36. The topological polar surface area (TPSA) is 54.9 Å². The van der Waals surface area contributed by atoms with Crippen LogP contribution in [0.25, 0.3) is 11.3 Å². The number of aryl methyl sites for hydroxylation is 1. The van der Waals surface area contributed by atoms with E-state index in [2.05, 4.69) is 15.3 Å². The lowest BCUT2D eigenvalue weighted by Gasteiger charge is -2.02. The molecule has 2 aromatic heterocycles. The second kappa shape index (κ2) is 6.44. The van der Waals surface area contributed by atoms with Gasteiger partial charge in [0.2, 0.25) is 0 Å². The molecule has 3 rings (SSSR count). The molecule has 4 nitrogen and oxygen atoms in total. The highest BCUT2D eigenvalue weighted by atomic mass is 35.5. The number of hydrogen-bond acceptors (Lipinski definition) is 4. The molecule has 7 heteroatoms. The van der Waals surface area contributed by atoms with Crippen LogP contribution in [0.2, 0.25) is 5.02 Å². The predicted molar refractivity (Wildman–Crippen MR) is 89.4 cm³/mol. The van der Waals surface area contributed by atoms with Gasteiger partial charge in [0.15, 0.2) is 5.13 Å². The van der Waals surface area contributed by atoms with Gasteiger partial charge in [0.25, 0.3) is 5.91 Å². The smallest absolute Gasteiger partial charge is 0.276 e. The molecule has 1 amide bonds. The van der Waals surface area contributed by atoms with Gasteiger partial charge in [-0.05, 0) is 37.3 Å². The summed E-state index contributed by atoms with van der Waals surface area (Å²) in [5, 5.41) is 4.94. The molecular formula is C16H11ClFN3OS. The fourth-order valence-electron chi connectivity index (χ4n) is 1.95. The summed E-state index contributed by atoms with van der Waals surface area (Å²) in [6.45, 7) is 1.82. The van der Waals surface area contributed by atoms with Crippen molar-refractivity contribution in [3.05, 3.63) is 64.0 Å². The highest BCUT2D eigenvalue weighted by Gasteiger charge is 2.12. The Balaban J connectivity index is 1.79. The molecule has 0 bridgehead atoms. The Morgan fingerprint density at radius 3 is 2.83 bits per heavy atom. The first-order valence-corrected chi connectivity index (χ1v) is 7.94. The number of thiazole rings is 1. The van der Waals surface area contributed by atoms with Crippen LogP contribution in [0.3, 0.4) is 0 Å². The van der Waals surface area contributed by atoms with Gasteiger partial charge in [-0.1, -0.05) is 17.7 Å². The van der Waals surface area contributed by atoms with Crippen molar-refractivity contribution in [2.75, 3.05) is 5.32 Å². The van der Waals surface area contributed by atoms with E-state index in [0.717, 1.165) is 5.69 Å². The normalized spacial score (nSPS) is 10.6. The lowest BCUT2D eigenvalue weighted by atomic mass is 10.2. The Morgan fingerprint density at radius 2 is 2.09 bits per heavy atom. The molecule has 1 N–H and O–H groups in total. The van der Waals surface area contributed by atoms with Gasteiger partial charge in [0.05, 0.1) is 10.7 Å². The molecule has 2 heterocycles. The van der Waals surface area contributed by atoms with E-state index in [0.29, 0.717) is 22.1 Å². The maximum Gasteiger partial charge on any atom is 0.276 e. The van der Waals surface area contributed by atoms with Gasteiger partial charge in [-0.3, -0.25) is 10.1 Å². The molecule has 0 radical (unpaired) electrons. The van der Waals surface area contributed by atoms with Crippen molar-refractivity contribution in [2.45, 2.75) is 6.92 Å². The van der Waals surface area contributed by atoms with Crippen LogP contribution in [-0.4, -0.2) is 15.9 Å². The summed E-state index contributed by atoms with van der Waals surface area (Å²) >= 11 is 7.05. The number of halogens is 2. The summed E-state index contributed by atoms with van der Waals surface area (Å²) in [5.41, 5.74) is 2.39. The first-order chi connectivity index (χ1) is 11.0. The first kappa shape index (κ1) is 15.6. The number of nitrogens with zero attached hydrogens (tertiary/aromatic N) is 2. The Bertz CT molecular complexity index is 881.